The second kappa shape index (κ2) is 13.9. The molecule has 6 atom stereocenters. The van der Waals surface area contributed by atoms with Gasteiger partial charge in [-0.15, -0.1) is 0 Å². The monoisotopic (exact) mass is 543 g/mol. The van der Waals surface area contributed by atoms with Gasteiger partial charge in [0.15, 0.2) is 0 Å². The van der Waals surface area contributed by atoms with Gasteiger partial charge in [-0.2, -0.15) is 0 Å². The molecule has 4 amide bonds. The molecule has 0 radical (unpaired) electrons. The van der Waals surface area contributed by atoms with E-state index >= 15 is 0 Å². The molecule has 4 bridgehead atoms. The molecule has 1 aromatic carbocycles. The van der Waals surface area contributed by atoms with Gasteiger partial charge in [-0.25, -0.2) is 5.43 Å². The molecule has 3 rings (SSSR count). The average Bonchev–Trinajstić information content (AvgIpc) is 2.92. The molecular formula is C29H45N5O5. The minimum absolute atomic E-state index is 0.185. The molecule has 5 N–H and O–H groups in total. The van der Waals surface area contributed by atoms with Gasteiger partial charge in [-0.1, -0.05) is 51.5 Å². The molecule has 0 aromatic heterocycles. The zero-order chi connectivity index (χ0) is 28.7. The van der Waals surface area contributed by atoms with Gasteiger partial charge < -0.3 is 21.1 Å². The van der Waals surface area contributed by atoms with Gasteiger partial charge in [0.05, 0.1) is 18.1 Å². The second-order valence-electron chi connectivity index (χ2n) is 11.4. The Morgan fingerprint density at radius 3 is 2.31 bits per heavy atom. The average molecular weight is 544 g/mol. The lowest BCUT2D eigenvalue weighted by Crippen LogP contribution is -2.62. The van der Waals surface area contributed by atoms with E-state index in [4.69, 9.17) is 0 Å². The number of hydrazine groups is 1. The first-order valence-electron chi connectivity index (χ1n) is 14.2. The highest BCUT2D eigenvalue weighted by Gasteiger charge is 2.34. The quantitative estimate of drug-likeness (QED) is 0.366. The van der Waals surface area contributed by atoms with E-state index in [9.17, 15) is 24.3 Å². The van der Waals surface area contributed by atoms with Crippen LogP contribution in [0.25, 0.3) is 0 Å². The third-order valence-electron chi connectivity index (χ3n) is 7.76. The molecule has 2 heterocycles. The largest absolute Gasteiger partial charge is 0.392 e. The molecule has 0 saturated carbocycles. The molecule has 10 nitrogen and oxygen atoms in total. The summed E-state index contributed by atoms with van der Waals surface area (Å²) in [4.78, 5) is 52.3. The van der Waals surface area contributed by atoms with Crippen LogP contribution in [-0.2, 0) is 25.6 Å². The summed E-state index contributed by atoms with van der Waals surface area (Å²) in [6.45, 7) is 9.23. The van der Waals surface area contributed by atoms with Gasteiger partial charge in [0, 0.05) is 6.54 Å². The van der Waals surface area contributed by atoms with Crippen molar-refractivity contribution in [3.05, 3.63) is 35.4 Å². The molecule has 39 heavy (non-hydrogen) atoms. The van der Waals surface area contributed by atoms with Crippen molar-refractivity contribution in [3.63, 3.8) is 0 Å². The van der Waals surface area contributed by atoms with Crippen molar-refractivity contribution in [1.29, 1.82) is 0 Å². The molecule has 0 spiro atoms. The second-order valence-corrected chi connectivity index (χ2v) is 11.4. The van der Waals surface area contributed by atoms with E-state index in [1.807, 2.05) is 39.0 Å². The van der Waals surface area contributed by atoms with Crippen LogP contribution in [0.2, 0.25) is 0 Å². The third kappa shape index (κ3) is 8.25. The molecule has 216 valence electrons. The summed E-state index contributed by atoms with van der Waals surface area (Å²) in [6, 6.07) is 5.59. The highest BCUT2D eigenvalue weighted by molar-refractivity contribution is 5.92. The Bertz CT molecular complexity index is 1030. The van der Waals surface area contributed by atoms with Crippen molar-refractivity contribution in [1.82, 2.24) is 26.4 Å². The topological polar surface area (TPSA) is 140 Å². The van der Waals surface area contributed by atoms with E-state index in [1.165, 1.54) is 5.01 Å². The lowest BCUT2D eigenvalue weighted by atomic mass is 9.95. The fraction of sp³-hybridized carbons (Fsp3) is 0.655. The summed E-state index contributed by atoms with van der Waals surface area (Å²) in [5.74, 6) is -2.32. The van der Waals surface area contributed by atoms with Crippen LogP contribution in [0.5, 0.6) is 0 Å². The number of carbonyl (C=O) groups is 4. The van der Waals surface area contributed by atoms with Gasteiger partial charge in [0.2, 0.25) is 17.7 Å². The van der Waals surface area contributed by atoms with Crippen LogP contribution in [0.15, 0.2) is 24.3 Å². The van der Waals surface area contributed by atoms with Crippen LogP contribution in [0.4, 0.5) is 0 Å². The first-order valence-corrected chi connectivity index (χ1v) is 14.2. The number of nitrogens with one attached hydrogen (secondary N) is 4. The fourth-order valence-corrected chi connectivity index (χ4v) is 5.08. The Balaban J connectivity index is 1.82. The van der Waals surface area contributed by atoms with Gasteiger partial charge in [-0.3, -0.25) is 24.2 Å². The van der Waals surface area contributed by atoms with Crippen molar-refractivity contribution in [2.24, 2.45) is 11.8 Å². The van der Waals surface area contributed by atoms with E-state index in [1.54, 1.807) is 13.8 Å². The number of rotatable bonds is 1. The first kappa shape index (κ1) is 30.6. The van der Waals surface area contributed by atoms with Crippen LogP contribution in [0.3, 0.4) is 0 Å². The molecule has 1 aromatic rings. The number of hydrogen-bond acceptors (Lipinski definition) is 6. The van der Waals surface area contributed by atoms with Gasteiger partial charge in [0.1, 0.15) is 18.1 Å². The van der Waals surface area contributed by atoms with Crippen LogP contribution < -0.4 is 21.4 Å². The van der Waals surface area contributed by atoms with Crippen LogP contribution in [-0.4, -0.2) is 64.5 Å². The zero-order valence-electron chi connectivity index (χ0n) is 23.8. The minimum atomic E-state index is -0.868. The smallest absolute Gasteiger partial charge is 0.258 e. The number of nitrogens with zero attached hydrogens (tertiary/aromatic N) is 1. The SMILES string of the molecule is CC(C)[C@@H]1NC(=O)[C@H](C)C(O)CCCCc2cccc(c2)[C@@H](C)NC(=O)[C@@H]2CCCN(N2)C(=O)[C@H](C)NC1=O. The maximum Gasteiger partial charge on any atom is 0.258 e. The van der Waals surface area contributed by atoms with Crippen LogP contribution in [0, 0.1) is 11.8 Å². The molecule has 1 saturated heterocycles. The lowest BCUT2D eigenvalue weighted by Gasteiger charge is -2.35. The van der Waals surface area contributed by atoms with Crippen LogP contribution >= 0.6 is 0 Å². The molecule has 2 aliphatic heterocycles. The summed E-state index contributed by atoms with van der Waals surface area (Å²) in [6.07, 6.45) is 3.28. The Kier molecular flexibility index (Phi) is 10.9. The summed E-state index contributed by atoms with van der Waals surface area (Å²) >= 11 is 0. The number of aryl methyl sites for hydroxylation is 1. The van der Waals surface area contributed by atoms with Crippen molar-refractivity contribution in [2.45, 2.75) is 103 Å². The number of aliphatic hydroxyl groups excluding tert-OH is 1. The van der Waals surface area contributed by atoms with Crippen molar-refractivity contribution in [2.75, 3.05) is 6.54 Å². The van der Waals surface area contributed by atoms with E-state index < -0.39 is 42.0 Å². The predicted molar refractivity (Wildman–Crippen MR) is 148 cm³/mol. The normalized spacial score (nSPS) is 30.5. The molecular weight excluding hydrogens is 498 g/mol. The minimum Gasteiger partial charge on any atom is -0.392 e. The maximum atomic E-state index is 13.2. The molecule has 1 fully saturated rings. The standard InChI is InChI=1S/C29H45N5O5/c1-17(2)25-28(38)31-20(5)29(39)34-15-9-13-23(33-34)27(37)30-19(4)22-12-8-11-21(16-22)10-6-7-14-24(35)18(3)26(36)32-25/h8,11-12,16-20,23-25,33,35H,6-7,9-10,13-15H2,1-5H3,(H,30,37)(H,31,38)(H,32,36)/t18-,19-,20+,23+,24?,25+/m1/s1. The number of hydrogen-bond donors (Lipinski definition) is 5. The summed E-state index contributed by atoms with van der Waals surface area (Å²) in [5, 5.41) is 20.6. The Hall–Kier alpha value is -2.98. The number of carbonyl (C=O) groups excluding carboxylic acids is 4. The lowest BCUT2D eigenvalue weighted by molar-refractivity contribution is -0.143. The molecule has 10 heteroatoms. The van der Waals surface area contributed by atoms with Gasteiger partial charge in [-0.05, 0) is 63.0 Å². The number of fused-ring (bicyclic) bond motifs is 4. The summed E-state index contributed by atoms with van der Waals surface area (Å²) < 4.78 is 0. The predicted octanol–water partition coefficient (Wildman–Crippen LogP) is 1.73. The van der Waals surface area contributed by atoms with Crippen molar-refractivity contribution < 1.29 is 24.3 Å². The zero-order valence-corrected chi connectivity index (χ0v) is 23.8. The molecule has 0 aliphatic carbocycles. The van der Waals surface area contributed by atoms with E-state index in [2.05, 4.69) is 27.4 Å². The highest BCUT2D eigenvalue weighted by atomic mass is 16.3. The summed E-state index contributed by atoms with van der Waals surface area (Å²) in [7, 11) is 0. The van der Waals surface area contributed by atoms with Crippen LogP contribution in [0.1, 0.15) is 83.9 Å². The van der Waals surface area contributed by atoms with Gasteiger partial charge >= 0.3 is 0 Å². The highest BCUT2D eigenvalue weighted by Crippen LogP contribution is 2.19. The van der Waals surface area contributed by atoms with Crippen molar-refractivity contribution in [3.8, 4) is 0 Å². The third-order valence-corrected chi connectivity index (χ3v) is 7.76. The molecule has 1 unspecified atom stereocenters. The number of amides is 4. The Morgan fingerprint density at radius 2 is 1.59 bits per heavy atom. The first-order chi connectivity index (χ1) is 18.5. The number of benzene rings is 1. The Morgan fingerprint density at radius 1 is 0.872 bits per heavy atom. The van der Waals surface area contributed by atoms with Gasteiger partial charge in [0.25, 0.3) is 5.91 Å². The molecule has 2 aliphatic rings. The maximum absolute atomic E-state index is 13.2. The fourth-order valence-electron chi connectivity index (χ4n) is 5.08. The van der Waals surface area contributed by atoms with E-state index in [0.29, 0.717) is 25.8 Å². The summed E-state index contributed by atoms with van der Waals surface area (Å²) in [5.41, 5.74) is 5.17. The Labute approximate surface area is 231 Å². The van der Waals surface area contributed by atoms with Crippen molar-refractivity contribution >= 4 is 23.6 Å². The number of aliphatic hydroxyl groups is 1. The van der Waals surface area contributed by atoms with E-state index in [-0.39, 0.29) is 23.8 Å². The van der Waals surface area contributed by atoms with E-state index in [0.717, 1.165) is 30.4 Å².